The Morgan fingerprint density at radius 3 is 1.70 bits per heavy atom. The Labute approximate surface area is 143 Å². The molecule has 4 nitrogen and oxygen atoms in total. The second-order valence-corrected chi connectivity index (χ2v) is 8.02. The van der Waals surface area contributed by atoms with Gasteiger partial charge in [-0.1, -0.05) is 40.0 Å². The molecule has 130 valence electrons. The van der Waals surface area contributed by atoms with Crippen LogP contribution < -0.4 is 5.32 Å². The first-order valence-corrected chi connectivity index (χ1v) is 9.23. The first kappa shape index (κ1) is 18.4. The van der Waals surface area contributed by atoms with E-state index in [0.717, 1.165) is 19.3 Å². The summed E-state index contributed by atoms with van der Waals surface area (Å²) in [5.41, 5.74) is -2.00. The summed E-state index contributed by atoms with van der Waals surface area (Å²) in [6.07, 6.45) is 6.10. The number of imide groups is 1. The van der Waals surface area contributed by atoms with Gasteiger partial charge in [0.25, 0.3) is 0 Å². The summed E-state index contributed by atoms with van der Waals surface area (Å²) in [7, 11) is 0. The van der Waals surface area contributed by atoms with Gasteiger partial charge >= 0.3 is 0 Å². The number of amides is 2. The molecule has 1 N–H and O–H groups in total. The highest BCUT2D eigenvalue weighted by Crippen LogP contribution is 2.62. The molecule has 1 aliphatic heterocycles. The van der Waals surface area contributed by atoms with E-state index in [4.69, 9.17) is 11.6 Å². The molecule has 2 amide bonds. The molecule has 2 aliphatic rings. The number of hydrogen-bond donors (Lipinski definition) is 1. The molecule has 0 aromatic heterocycles. The van der Waals surface area contributed by atoms with E-state index < -0.39 is 16.2 Å². The van der Waals surface area contributed by atoms with Crippen LogP contribution in [0.4, 0.5) is 0 Å². The highest BCUT2D eigenvalue weighted by Gasteiger charge is 2.64. The van der Waals surface area contributed by atoms with Gasteiger partial charge in [0.05, 0.1) is 10.8 Å². The van der Waals surface area contributed by atoms with Crippen molar-refractivity contribution in [2.45, 2.75) is 78.6 Å². The van der Waals surface area contributed by atoms with E-state index in [-0.39, 0.29) is 17.1 Å². The van der Waals surface area contributed by atoms with Gasteiger partial charge in [0.15, 0.2) is 0 Å². The first-order chi connectivity index (χ1) is 10.8. The van der Waals surface area contributed by atoms with Crippen LogP contribution in [0.5, 0.6) is 0 Å². The highest BCUT2D eigenvalue weighted by atomic mass is 35.5. The van der Waals surface area contributed by atoms with Crippen molar-refractivity contribution in [3.05, 3.63) is 0 Å². The van der Waals surface area contributed by atoms with Crippen molar-refractivity contribution in [2.75, 3.05) is 0 Å². The third-order valence-corrected chi connectivity index (χ3v) is 6.22. The molecule has 1 saturated carbocycles. The molecule has 1 saturated heterocycles. The minimum Gasteiger partial charge on any atom is -0.295 e. The predicted molar refractivity (Wildman–Crippen MR) is 89.9 cm³/mol. The zero-order valence-electron chi connectivity index (χ0n) is 14.5. The second-order valence-electron chi connectivity index (χ2n) is 7.68. The van der Waals surface area contributed by atoms with Gasteiger partial charge in [-0.15, -0.1) is 0 Å². The zero-order chi connectivity index (χ0) is 17.3. The smallest absolute Gasteiger partial charge is 0.232 e. The first-order valence-electron chi connectivity index (χ1n) is 8.85. The molecule has 23 heavy (non-hydrogen) atoms. The van der Waals surface area contributed by atoms with E-state index in [0.29, 0.717) is 38.5 Å². The molecular formula is C18H28ClNO3. The van der Waals surface area contributed by atoms with Crippen LogP contribution in [0.3, 0.4) is 0 Å². The molecule has 2 rings (SSSR count). The summed E-state index contributed by atoms with van der Waals surface area (Å²) in [6.45, 7) is 6.10. The maximum atomic E-state index is 12.7. The number of rotatable bonds is 7. The molecule has 1 aliphatic carbocycles. The SMILES string of the molecule is CCCC1(C(=O)Cl)CC2(CCC)CC(CCC)(C1)C(=O)NC2=O. The van der Waals surface area contributed by atoms with Crippen LogP contribution >= 0.6 is 11.6 Å². The topological polar surface area (TPSA) is 63.2 Å². The molecule has 0 aromatic rings. The molecule has 2 unspecified atom stereocenters. The van der Waals surface area contributed by atoms with Gasteiger partial charge in [0, 0.05) is 5.41 Å². The van der Waals surface area contributed by atoms with Crippen LogP contribution in [0.2, 0.25) is 0 Å². The van der Waals surface area contributed by atoms with Crippen molar-refractivity contribution in [1.82, 2.24) is 5.32 Å². The van der Waals surface area contributed by atoms with Crippen LogP contribution in [-0.4, -0.2) is 17.1 Å². The number of carbonyl (C=O) groups is 3. The van der Waals surface area contributed by atoms with Crippen molar-refractivity contribution in [2.24, 2.45) is 16.2 Å². The lowest BCUT2D eigenvalue weighted by Gasteiger charge is -2.56. The van der Waals surface area contributed by atoms with Crippen molar-refractivity contribution in [3.63, 3.8) is 0 Å². The van der Waals surface area contributed by atoms with Crippen molar-refractivity contribution in [1.29, 1.82) is 0 Å². The fraction of sp³-hybridized carbons (Fsp3) is 0.833. The molecule has 2 fully saturated rings. The number of halogens is 1. The summed E-state index contributed by atoms with van der Waals surface area (Å²) >= 11 is 6.04. The largest absolute Gasteiger partial charge is 0.295 e. The van der Waals surface area contributed by atoms with Gasteiger partial charge in [-0.3, -0.25) is 19.7 Å². The minimum atomic E-state index is -0.744. The van der Waals surface area contributed by atoms with Gasteiger partial charge in [0.2, 0.25) is 17.1 Å². The van der Waals surface area contributed by atoms with Crippen LogP contribution in [-0.2, 0) is 14.4 Å². The molecular weight excluding hydrogens is 314 g/mol. The Morgan fingerprint density at radius 1 is 0.913 bits per heavy atom. The number of carbonyl (C=O) groups excluding carboxylic acids is 3. The van der Waals surface area contributed by atoms with Gasteiger partial charge in [-0.25, -0.2) is 0 Å². The molecule has 2 bridgehead atoms. The van der Waals surface area contributed by atoms with Gasteiger partial charge in [-0.2, -0.15) is 0 Å². The summed E-state index contributed by atoms with van der Waals surface area (Å²) in [6, 6.07) is 0. The fourth-order valence-electron chi connectivity index (χ4n) is 5.25. The summed E-state index contributed by atoms with van der Waals surface area (Å²) in [4.78, 5) is 37.8. The third kappa shape index (κ3) is 2.95. The molecule has 0 radical (unpaired) electrons. The van der Waals surface area contributed by atoms with Crippen LogP contribution in [0.25, 0.3) is 0 Å². The van der Waals surface area contributed by atoms with E-state index in [1.807, 2.05) is 20.8 Å². The minimum absolute atomic E-state index is 0.200. The van der Waals surface area contributed by atoms with Crippen LogP contribution in [0, 0.1) is 16.2 Å². The molecule has 0 spiro atoms. The standard InChI is InChI=1S/C18H28ClNO3/c1-4-7-16(13(19)21)10-17(8-5-2)12-18(11-16,9-6-3)15(23)20-14(17)22/h4-12H2,1-3H3,(H,20,22,23). The van der Waals surface area contributed by atoms with Gasteiger partial charge < -0.3 is 0 Å². The summed E-state index contributed by atoms with van der Waals surface area (Å²) in [5.74, 6) is -0.400. The Morgan fingerprint density at radius 2 is 1.35 bits per heavy atom. The van der Waals surface area contributed by atoms with Crippen molar-refractivity contribution in [3.8, 4) is 0 Å². The average Bonchev–Trinajstić information content (AvgIpc) is 2.46. The van der Waals surface area contributed by atoms with Crippen molar-refractivity contribution < 1.29 is 14.4 Å². The number of piperidine rings is 1. The van der Waals surface area contributed by atoms with Crippen molar-refractivity contribution >= 4 is 28.7 Å². The fourth-order valence-corrected chi connectivity index (χ4v) is 5.48. The van der Waals surface area contributed by atoms with Crippen LogP contribution in [0.1, 0.15) is 78.6 Å². The Hall–Kier alpha value is -0.900. The van der Waals surface area contributed by atoms with E-state index in [1.165, 1.54) is 0 Å². The normalized spacial score (nSPS) is 36.7. The summed E-state index contributed by atoms with van der Waals surface area (Å²) in [5, 5.41) is 2.25. The number of nitrogens with one attached hydrogen (secondary N) is 1. The lowest BCUT2D eigenvalue weighted by Crippen LogP contribution is -2.64. The molecule has 1 heterocycles. The van der Waals surface area contributed by atoms with E-state index >= 15 is 0 Å². The maximum absolute atomic E-state index is 12.7. The Bertz CT molecular complexity index is 477. The second kappa shape index (κ2) is 6.54. The zero-order valence-corrected chi connectivity index (χ0v) is 15.2. The predicted octanol–water partition coefficient (Wildman–Crippen LogP) is 3.95. The molecule has 2 atom stereocenters. The molecule has 5 heteroatoms. The van der Waals surface area contributed by atoms with Crippen LogP contribution in [0.15, 0.2) is 0 Å². The third-order valence-electron chi connectivity index (χ3n) is 5.82. The number of hydrogen-bond acceptors (Lipinski definition) is 3. The van der Waals surface area contributed by atoms with E-state index in [2.05, 4.69) is 5.32 Å². The van der Waals surface area contributed by atoms with E-state index in [9.17, 15) is 14.4 Å². The Kier molecular flexibility index (Phi) is 5.24. The maximum Gasteiger partial charge on any atom is 0.232 e. The number of fused-ring (bicyclic) bond motifs is 2. The summed E-state index contributed by atoms with van der Waals surface area (Å²) < 4.78 is 0. The van der Waals surface area contributed by atoms with Gasteiger partial charge in [0.1, 0.15) is 0 Å². The Balaban J connectivity index is 2.57. The lowest BCUT2D eigenvalue weighted by atomic mass is 9.48. The quantitative estimate of drug-likeness (QED) is 0.563. The highest BCUT2D eigenvalue weighted by molar-refractivity contribution is 6.64. The van der Waals surface area contributed by atoms with E-state index in [1.54, 1.807) is 0 Å². The van der Waals surface area contributed by atoms with Gasteiger partial charge in [-0.05, 0) is 50.1 Å². The average molecular weight is 342 g/mol. The monoisotopic (exact) mass is 341 g/mol. The molecule has 0 aromatic carbocycles. The lowest BCUT2D eigenvalue weighted by molar-refractivity contribution is -0.168.